The van der Waals surface area contributed by atoms with Crippen LogP contribution in [-0.4, -0.2) is 0 Å². The van der Waals surface area contributed by atoms with E-state index in [9.17, 15) is 0 Å². The minimum absolute atomic E-state index is 1.11. The molecule has 0 aromatic rings. The van der Waals surface area contributed by atoms with E-state index < -0.39 is 0 Å². The molecule has 0 atom stereocenters. The van der Waals surface area contributed by atoms with Gasteiger partial charge < -0.3 is 0 Å². The van der Waals surface area contributed by atoms with Crippen molar-refractivity contribution in [2.75, 3.05) is 0 Å². The van der Waals surface area contributed by atoms with Crippen molar-refractivity contribution in [1.29, 1.82) is 0 Å². The molecule has 0 saturated carbocycles. The Hall–Kier alpha value is -0.260. The van der Waals surface area contributed by atoms with Gasteiger partial charge >= 0.3 is 0 Å². The predicted molar refractivity (Wildman–Crippen MR) is 98.7 cm³/mol. The second kappa shape index (κ2) is 19.7. The first-order valence-electron chi connectivity index (χ1n) is 9.86. The normalized spacial score (nSPS) is 11.5. The molecule has 0 N–H and O–H groups in total. The molecule has 0 unspecified atom stereocenters. The van der Waals surface area contributed by atoms with E-state index in [1.54, 1.807) is 0 Å². The molecule has 125 valence electrons. The number of allylic oxidation sites excluding steroid dienone is 2. The largest absolute Gasteiger partial charge is 0.0885 e. The van der Waals surface area contributed by atoms with Gasteiger partial charge in [0.1, 0.15) is 0 Å². The van der Waals surface area contributed by atoms with Crippen molar-refractivity contribution in [3.8, 4) is 0 Å². The Morgan fingerprint density at radius 2 is 0.905 bits per heavy atom. The van der Waals surface area contributed by atoms with Crippen LogP contribution < -0.4 is 0 Å². The number of unbranched alkanes of at least 4 members (excludes halogenated alkanes) is 15. The van der Waals surface area contributed by atoms with Gasteiger partial charge in [-0.25, -0.2) is 0 Å². The van der Waals surface area contributed by atoms with Crippen molar-refractivity contribution in [3.05, 3.63) is 19.1 Å². The highest BCUT2D eigenvalue weighted by Crippen LogP contribution is 2.11. The van der Waals surface area contributed by atoms with Gasteiger partial charge in [0, 0.05) is 0 Å². The maximum absolute atomic E-state index is 3.88. The molecule has 0 aromatic carbocycles. The average Bonchev–Trinajstić information content (AvgIpc) is 2.50. The van der Waals surface area contributed by atoms with Crippen LogP contribution in [-0.2, 0) is 0 Å². The predicted octanol–water partition coefficient (Wildman–Crippen LogP) is 8.03. The standard InChI is InChI=1S/C21H41/c1-3-5-7-9-11-13-15-17-19-21-20-18-16-14-12-10-8-6-4-2/h15,17H,1,3-14,16,18-21H2,2H3. The molecule has 0 aliphatic rings. The van der Waals surface area contributed by atoms with Crippen LogP contribution in [0.2, 0.25) is 0 Å². The van der Waals surface area contributed by atoms with Crippen molar-refractivity contribution in [2.24, 2.45) is 0 Å². The Morgan fingerprint density at radius 3 is 1.33 bits per heavy atom. The second-order valence-electron chi connectivity index (χ2n) is 6.50. The Kier molecular flexibility index (Phi) is 19.5. The molecule has 0 fully saturated rings. The van der Waals surface area contributed by atoms with Crippen molar-refractivity contribution in [1.82, 2.24) is 0 Å². The first-order chi connectivity index (χ1) is 10.4. The fourth-order valence-electron chi connectivity index (χ4n) is 2.78. The highest BCUT2D eigenvalue weighted by atomic mass is 14.0. The van der Waals surface area contributed by atoms with E-state index in [4.69, 9.17) is 0 Å². The Labute approximate surface area is 135 Å². The lowest BCUT2D eigenvalue weighted by Gasteiger charge is -2.01. The van der Waals surface area contributed by atoms with E-state index in [1.807, 2.05) is 0 Å². The second-order valence-corrected chi connectivity index (χ2v) is 6.50. The molecular formula is C21H41. The van der Waals surface area contributed by atoms with Gasteiger partial charge in [-0.1, -0.05) is 109 Å². The molecule has 0 spiro atoms. The summed E-state index contributed by atoms with van der Waals surface area (Å²) in [5.74, 6) is 0. The van der Waals surface area contributed by atoms with Crippen LogP contribution in [0.4, 0.5) is 0 Å². The third-order valence-corrected chi connectivity index (χ3v) is 4.26. The van der Waals surface area contributed by atoms with E-state index >= 15 is 0 Å². The molecule has 0 amide bonds. The van der Waals surface area contributed by atoms with Crippen LogP contribution in [0.5, 0.6) is 0 Å². The topological polar surface area (TPSA) is 0 Å². The van der Waals surface area contributed by atoms with Crippen LogP contribution in [0.3, 0.4) is 0 Å². The summed E-state index contributed by atoms with van der Waals surface area (Å²) in [5, 5.41) is 0. The zero-order valence-electron chi connectivity index (χ0n) is 14.9. The maximum atomic E-state index is 3.88. The Bertz CT molecular complexity index is 192. The molecular weight excluding hydrogens is 252 g/mol. The van der Waals surface area contributed by atoms with Gasteiger partial charge in [0.2, 0.25) is 0 Å². The molecule has 0 aromatic heterocycles. The monoisotopic (exact) mass is 293 g/mol. The number of rotatable bonds is 17. The maximum Gasteiger partial charge on any atom is -0.0351 e. The van der Waals surface area contributed by atoms with Crippen LogP contribution in [0, 0.1) is 6.92 Å². The lowest BCUT2D eigenvalue weighted by Crippen LogP contribution is -1.81. The third-order valence-electron chi connectivity index (χ3n) is 4.26. The van der Waals surface area contributed by atoms with Gasteiger partial charge in [0.05, 0.1) is 0 Å². The minimum atomic E-state index is 1.11. The quantitative estimate of drug-likeness (QED) is 0.188. The molecule has 0 nitrogen and oxygen atoms in total. The summed E-state index contributed by atoms with van der Waals surface area (Å²) in [5.41, 5.74) is 0. The molecule has 0 rings (SSSR count). The molecule has 0 aliphatic carbocycles. The summed E-state index contributed by atoms with van der Waals surface area (Å²) < 4.78 is 0. The Balaban J connectivity index is 3.01. The fourth-order valence-corrected chi connectivity index (χ4v) is 2.78. The summed E-state index contributed by atoms with van der Waals surface area (Å²) in [4.78, 5) is 0. The SMILES string of the molecule is [CH2]CCCCCCC=CCCCCCCCCCCCC. The van der Waals surface area contributed by atoms with E-state index in [0.29, 0.717) is 0 Å². The molecule has 0 saturated heterocycles. The molecule has 0 bridgehead atoms. The number of hydrogen-bond acceptors (Lipinski definition) is 0. The zero-order valence-corrected chi connectivity index (χ0v) is 14.9. The van der Waals surface area contributed by atoms with Gasteiger partial charge in [0.15, 0.2) is 0 Å². The lowest BCUT2D eigenvalue weighted by atomic mass is 10.1. The van der Waals surface area contributed by atoms with E-state index in [1.165, 1.54) is 103 Å². The van der Waals surface area contributed by atoms with Crippen LogP contribution >= 0.6 is 0 Å². The van der Waals surface area contributed by atoms with Gasteiger partial charge in [-0.2, -0.15) is 0 Å². The molecule has 0 heteroatoms. The van der Waals surface area contributed by atoms with Crippen LogP contribution in [0.1, 0.15) is 116 Å². The first-order valence-corrected chi connectivity index (χ1v) is 9.86. The van der Waals surface area contributed by atoms with Gasteiger partial charge in [0.25, 0.3) is 0 Å². The smallest absolute Gasteiger partial charge is 0.0351 e. The summed E-state index contributed by atoms with van der Waals surface area (Å²) in [6, 6.07) is 0. The average molecular weight is 294 g/mol. The zero-order chi connectivity index (χ0) is 15.4. The first kappa shape index (κ1) is 20.7. The fraction of sp³-hybridized carbons (Fsp3) is 0.857. The van der Waals surface area contributed by atoms with E-state index in [-0.39, 0.29) is 0 Å². The molecule has 0 heterocycles. The van der Waals surface area contributed by atoms with Gasteiger partial charge in [-0.15, -0.1) is 0 Å². The summed E-state index contributed by atoms with van der Waals surface area (Å²) in [6.45, 7) is 6.17. The van der Waals surface area contributed by atoms with E-state index in [0.717, 1.165) is 6.42 Å². The Morgan fingerprint density at radius 1 is 0.524 bits per heavy atom. The van der Waals surface area contributed by atoms with Gasteiger partial charge in [-0.05, 0) is 25.7 Å². The van der Waals surface area contributed by atoms with Crippen LogP contribution in [0.25, 0.3) is 0 Å². The third kappa shape index (κ3) is 19.7. The lowest BCUT2D eigenvalue weighted by molar-refractivity contribution is 0.557. The van der Waals surface area contributed by atoms with Gasteiger partial charge in [-0.3, -0.25) is 0 Å². The van der Waals surface area contributed by atoms with Crippen molar-refractivity contribution < 1.29 is 0 Å². The van der Waals surface area contributed by atoms with Crippen molar-refractivity contribution in [3.63, 3.8) is 0 Å². The number of hydrogen-bond donors (Lipinski definition) is 0. The van der Waals surface area contributed by atoms with Crippen molar-refractivity contribution in [2.45, 2.75) is 116 Å². The van der Waals surface area contributed by atoms with Crippen molar-refractivity contribution >= 4 is 0 Å². The summed E-state index contributed by atoms with van der Waals surface area (Å²) in [7, 11) is 0. The van der Waals surface area contributed by atoms with Crippen LogP contribution in [0.15, 0.2) is 12.2 Å². The molecule has 0 aliphatic heterocycles. The summed E-state index contributed by atoms with van der Waals surface area (Å²) in [6.07, 6.45) is 28.3. The molecule has 21 heavy (non-hydrogen) atoms. The van der Waals surface area contributed by atoms with E-state index in [2.05, 4.69) is 26.0 Å². The molecule has 1 radical (unpaired) electrons. The summed E-state index contributed by atoms with van der Waals surface area (Å²) >= 11 is 0. The minimum Gasteiger partial charge on any atom is -0.0885 e. The highest BCUT2D eigenvalue weighted by Gasteiger charge is 1.92. The highest BCUT2D eigenvalue weighted by molar-refractivity contribution is 4.81.